The van der Waals surface area contributed by atoms with Gasteiger partial charge in [0.25, 0.3) is 0 Å². The third-order valence-corrected chi connectivity index (χ3v) is 5.34. The summed E-state index contributed by atoms with van der Waals surface area (Å²) in [4.78, 5) is 0.704. The molecule has 2 atom stereocenters. The number of β-amino-alcohol motifs (C(OH)–C–C–N with tert-alkyl or cyclic N) is 1. The number of benzene rings is 1. The van der Waals surface area contributed by atoms with Crippen molar-refractivity contribution in [3.8, 4) is 0 Å². The first-order valence-corrected chi connectivity index (χ1v) is 9.82. The molecule has 0 spiro atoms. The maximum absolute atomic E-state index is 12.1. The van der Waals surface area contributed by atoms with Gasteiger partial charge in [-0.2, -0.15) is 0 Å². The first-order chi connectivity index (χ1) is 9.49. The zero-order valence-corrected chi connectivity index (χ0v) is 14.4. The topological polar surface area (TPSA) is 83.5 Å². The van der Waals surface area contributed by atoms with Gasteiger partial charge in [-0.25, -0.2) is 8.42 Å². The maximum Gasteiger partial charge on any atom is 0.175 e. The van der Waals surface area contributed by atoms with Crippen molar-refractivity contribution in [2.24, 2.45) is 0 Å². The lowest BCUT2D eigenvalue weighted by atomic mass is 10.1. The number of rotatable bonds is 6. The number of hydrogen-bond donors (Lipinski definition) is 2. The second-order valence-corrected chi connectivity index (χ2v) is 9.55. The molecule has 0 saturated carbocycles. The van der Waals surface area contributed by atoms with Gasteiger partial charge in [0, 0.05) is 23.2 Å². The van der Waals surface area contributed by atoms with Crippen LogP contribution in [-0.2, 0) is 20.6 Å². The highest BCUT2D eigenvalue weighted by Gasteiger charge is 2.16. The van der Waals surface area contributed by atoms with E-state index in [1.807, 2.05) is 20.8 Å². The monoisotopic (exact) mass is 333 g/mol. The molecule has 120 valence electrons. The summed E-state index contributed by atoms with van der Waals surface area (Å²) in [6.07, 6.45) is 0.403. The summed E-state index contributed by atoms with van der Waals surface area (Å²) in [5, 5.41) is 13.0. The van der Waals surface area contributed by atoms with E-state index < -0.39 is 26.7 Å². The van der Waals surface area contributed by atoms with Crippen LogP contribution in [0.4, 0.5) is 0 Å². The molecule has 21 heavy (non-hydrogen) atoms. The number of nitrogens with one attached hydrogen (secondary N) is 1. The van der Waals surface area contributed by atoms with Gasteiger partial charge < -0.3 is 10.4 Å². The molecular weight excluding hydrogens is 310 g/mol. The van der Waals surface area contributed by atoms with Crippen molar-refractivity contribution in [2.75, 3.05) is 18.6 Å². The normalized spacial score (nSPS) is 15.7. The van der Waals surface area contributed by atoms with E-state index in [0.29, 0.717) is 11.4 Å². The minimum absolute atomic E-state index is 0.112. The highest BCUT2D eigenvalue weighted by atomic mass is 32.2. The zero-order chi connectivity index (χ0) is 16.3. The van der Waals surface area contributed by atoms with Gasteiger partial charge in [-0.15, -0.1) is 0 Å². The van der Waals surface area contributed by atoms with Gasteiger partial charge in [0.15, 0.2) is 9.84 Å². The second-order valence-electron chi connectivity index (χ2n) is 6.04. The lowest BCUT2D eigenvalue weighted by Gasteiger charge is -2.22. The van der Waals surface area contributed by atoms with Crippen molar-refractivity contribution in [1.82, 2.24) is 5.32 Å². The molecule has 1 rings (SSSR count). The van der Waals surface area contributed by atoms with E-state index in [1.54, 1.807) is 0 Å². The number of sulfone groups is 1. The Morgan fingerprint density at radius 3 is 2.19 bits per heavy atom. The van der Waals surface area contributed by atoms with Gasteiger partial charge in [-0.1, -0.05) is 0 Å². The zero-order valence-electron chi connectivity index (χ0n) is 12.8. The van der Waals surface area contributed by atoms with Crippen LogP contribution in [0.1, 0.15) is 20.8 Å². The van der Waals surface area contributed by atoms with Crippen molar-refractivity contribution in [3.63, 3.8) is 0 Å². The molecule has 5 nitrogen and oxygen atoms in total. The largest absolute Gasteiger partial charge is 0.391 e. The third kappa shape index (κ3) is 6.69. The van der Waals surface area contributed by atoms with Gasteiger partial charge in [0.1, 0.15) is 0 Å². The van der Waals surface area contributed by atoms with Gasteiger partial charge in [-0.3, -0.25) is 4.21 Å². The van der Waals surface area contributed by atoms with E-state index in [4.69, 9.17) is 0 Å². The Kier molecular flexibility index (Phi) is 6.10. The predicted molar refractivity (Wildman–Crippen MR) is 84.6 cm³/mol. The quantitative estimate of drug-likeness (QED) is 0.810. The Bertz CT molecular complexity index is 588. The summed E-state index contributed by atoms with van der Waals surface area (Å²) in [5.74, 6) is 0.112. The second kappa shape index (κ2) is 7.00. The van der Waals surface area contributed by atoms with Crippen LogP contribution >= 0.6 is 0 Å². The average molecular weight is 333 g/mol. The molecule has 7 heteroatoms. The third-order valence-electron chi connectivity index (χ3n) is 2.73. The molecule has 0 aliphatic heterocycles. The van der Waals surface area contributed by atoms with Crippen molar-refractivity contribution in [3.05, 3.63) is 24.3 Å². The minimum Gasteiger partial charge on any atom is -0.391 e. The average Bonchev–Trinajstić information content (AvgIpc) is 2.34. The van der Waals surface area contributed by atoms with Crippen molar-refractivity contribution in [1.29, 1.82) is 0 Å². The van der Waals surface area contributed by atoms with Crippen molar-refractivity contribution in [2.45, 2.75) is 42.2 Å². The molecule has 1 aromatic rings. The minimum atomic E-state index is -3.25. The number of aliphatic hydroxyl groups excluding tert-OH is 1. The van der Waals surface area contributed by atoms with Crippen LogP contribution in [0.5, 0.6) is 0 Å². The number of aliphatic hydroxyl groups is 1. The van der Waals surface area contributed by atoms with E-state index >= 15 is 0 Å². The molecule has 0 saturated heterocycles. The molecule has 0 radical (unpaired) electrons. The van der Waals surface area contributed by atoms with Gasteiger partial charge >= 0.3 is 0 Å². The van der Waals surface area contributed by atoms with E-state index in [1.165, 1.54) is 24.3 Å². The Hall–Kier alpha value is -0.760. The SMILES string of the molecule is CC(C)(C)NCC(O)CS(=O)c1ccc(S(C)(=O)=O)cc1. The lowest BCUT2D eigenvalue weighted by Crippen LogP contribution is -2.42. The first-order valence-electron chi connectivity index (χ1n) is 6.60. The molecule has 0 fully saturated rings. The van der Waals surface area contributed by atoms with Crippen molar-refractivity contribution < 1.29 is 17.7 Å². The Morgan fingerprint density at radius 1 is 1.24 bits per heavy atom. The predicted octanol–water partition coefficient (Wildman–Crippen LogP) is 0.947. The van der Waals surface area contributed by atoms with Gasteiger partial charge in [0.2, 0.25) is 0 Å². The summed E-state index contributed by atoms with van der Waals surface area (Å²) < 4.78 is 34.8. The van der Waals surface area contributed by atoms with Crippen LogP contribution in [0.15, 0.2) is 34.1 Å². The summed E-state index contributed by atoms with van der Waals surface area (Å²) >= 11 is 0. The molecule has 0 aliphatic carbocycles. The summed E-state index contributed by atoms with van der Waals surface area (Å²) in [5.41, 5.74) is -0.112. The highest BCUT2D eigenvalue weighted by Crippen LogP contribution is 2.14. The lowest BCUT2D eigenvalue weighted by molar-refractivity contribution is 0.182. The fourth-order valence-corrected chi connectivity index (χ4v) is 3.32. The maximum atomic E-state index is 12.1. The fourth-order valence-electron chi connectivity index (χ4n) is 1.59. The van der Waals surface area contributed by atoms with Crippen LogP contribution in [0.3, 0.4) is 0 Å². The van der Waals surface area contributed by atoms with Crippen LogP contribution in [0.2, 0.25) is 0 Å². The summed E-state index contributed by atoms with van der Waals surface area (Å²) in [6.45, 7) is 6.32. The molecule has 2 N–H and O–H groups in total. The van der Waals surface area contributed by atoms with E-state index in [0.717, 1.165) is 6.26 Å². The molecule has 0 bridgehead atoms. The van der Waals surface area contributed by atoms with E-state index in [9.17, 15) is 17.7 Å². The Morgan fingerprint density at radius 2 is 1.76 bits per heavy atom. The van der Waals surface area contributed by atoms with Crippen LogP contribution in [0.25, 0.3) is 0 Å². The molecule has 0 aromatic heterocycles. The Labute approximate surface area is 129 Å². The van der Waals surface area contributed by atoms with E-state index in [-0.39, 0.29) is 16.2 Å². The summed E-state index contributed by atoms with van der Waals surface area (Å²) in [7, 11) is -4.61. The molecular formula is C14H23NO4S2. The Balaban J connectivity index is 2.64. The van der Waals surface area contributed by atoms with E-state index in [2.05, 4.69) is 5.32 Å². The molecule has 2 unspecified atom stereocenters. The first kappa shape index (κ1) is 18.3. The van der Waals surface area contributed by atoms with Gasteiger partial charge in [0.05, 0.1) is 27.6 Å². The van der Waals surface area contributed by atoms with Crippen molar-refractivity contribution >= 4 is 20.6 Å². The number of hydrogen-bond acceptors (Lipinski definition) is 5. The van der Waals surface area contributed by atoms with Crippen LogP contribution < -0.4 is 5.32 Å². The van der Waals surface area contributed by atoms with Gasteiger partial charge in [-0.05, 0) is 45.0 Å². The molecule has 1 aromatic carbocycles. The fraction of sp³-hybridized carbons (Fsp3) is 0.571. The molecule has 0 aliphatic rings. The van der Waals surface area contributed by atoms with Crippen LogP contribution in [-0.4, -0.2) is 47.9 Å². The summed E-state index contributed by atoms with van der Waals surface area (Å²) in [6, 6.07) is 5.91. The smallest absolute Gasteiger partial charge is 0.175 e. The highest BCUT2D eigenvalue weighted by molar-refractivity contribution is 7.90. The standard InChI is InChI=1S/C14H23NO4S2/c1-14(2,3)15-9-11(16)10-20(17)12-5-7-13(8-6-12)21(4,18)19/h5-8,11,15-16H,9-10H2,1-4H3. The molecule has 0 amide bonds. The molecule has 0 heterocycles. The van der Waals surface area contributed by atoms with Crippen LogP contribution in [0, 0.1) is 0 Å².